The minimum absolute atomic E-state index is 0.143. The van der Waals surface area contributed by atoms with Crippen molar-refractivity contribution in [2.24, 2.45) is 0 Å². The largest absolute Gasteiger partial charge is 0.494 e. The molecule has 7 heteroatoms. The minimum atomic E-state index is -0.503. The molecule has 0 radical (unpaired) electrons. The zero-order valence-corrected chi connectivity index (χ0v) is 20.9. The van der Waals surface area contributed by atoms with Gasteiger partial charge in [-0.05, 0) is 42.7 Å². The number of ether oxygens (including phenoxy) is 2. The summed E-state index contributed by atoms with van der Waals surface area (Å²) in [5.74, 6) is 0.682. The summed E-state index contributed by atoms with van der Waals surface area (Å²) >= 11 is 0. The normalized spacial score (nSPS) is 18.1. The van der Waals surface area contributed by atoms with Crippen LogP contribution in [0.4, 0.5) is 0 Å². The second-order valence-electron chi connectivity index (χ2n) is 9.51. The Hall–Kier alpha value is -3.16. The van der Waals surface area contributed by atoms with E-state index in [1.807, 2.05) is 36.4 Å². The van der Waals surface area contributed by atoms with Gasteiger partial charge in [-0.15, -0.1) is 0 Å². The average Bonchev–Trinajstić information content (AvgIpc) is 3.19. The SMILES string of the molecule is CCCCCOc1cccc([C@@H]2c3c(oc4ccccc4c3=O)C(=O)N2CCCN2CCOCC2)c1. The van der Waals surface area contributed by atoms with Crippen LogP contribution in [-0.2, 0) is 4.74 Å². The van der Waals surface area contributed by atoms with E-state index in [2.05, 4.69) is 11.8 Å². The first-order chi connectivity index (χ1) is 17.7. The summed E-state index contributed by atoms with van der Waals surface area (Å²) in [6, 6.07) is 14.4. The van der Waals surface area contributed by atoms with Gasteiger partial charge in [-0.2, -0.15) is 0 Å². The fraction of sp³-hybridized carbons (Fsp3) is 0.448. The number of unbranched alkanes of at least 4 members (excludes halogenated alkanes) is 2. The molecule has 1 fully saturated rings. The number of fused-ring (bicyclic) bond motifs is 2. The molecule has 0 N–H and O–H groups in total. The fourth-order valence-corrected chi connectivity index (χ4v) is 5.15. The lowest BCUT2D eigenvalue weighted by Gasteiger charge is -2.29. The van der Waals surface area contributed by atoms with Crippen LogP contribution >= 0.6 is 0 Å². The summed E-state index contributed by atoms with van der Waals surface area (Å²) in [6.45, 7) is 7.51. The van der Waals surface area contributed by atoms with Crippen molar-refractivity contribution in [1.82, 2.24) is 9.80 Å². The Morgan fingerprint density at radius 3 is 2.64 bits per heavy atom. The van der Waals surface area contributed by atoms with E-state index in [9.17, 15) is 9.59 Å². The third kappa shape index (κ3) is 5.04. The first-order valence-electron chi connectivity index (χ1n) is 13.1. The number of carbonyl (C=O) groups is 1. The number of carbonyl (C=O) groups excluding carboxylic acids is 1. The summed E-state index contributed by atoms with van der Waals surface area (Å²) in [6.07, 6.45) is 4.05. The standard InChI is InChI=1S/C29H34N2O5/c1-2-3-6-17-35-22-10-7-9-21(20-22)26-25-27(32)23-11-4-5-12-24(23)36-28(25)29(33)31(26)14-8-13-30-15-18-34-19-16-30/h4-5,7,9-12,20,26H,2-3,6,8,13-19H2,1H3/t26-/m1/s1. The number of nitrogens with zero attached hydrogens (tertiary/aromatic N) is 2. The molecule has 2 aliphatic rings. The van der Waals surface area contributed by atoms with E-state index in [4.69, 9.17) is 13.9 Å². The van der Waals surface area contributed by atoms with E-state index < -0.39 is 6.04 Å². The number of hydrogen-bond donors (Lipinski definition) is 0. The zero-order chi connectivity index (χ0) is 24.9. The molecule has 0 bridgehead atoms. The van der Waals surface area contributed by atoms with Gasteiger partial charge in [0.05, 0.1) is 36.8 Å². The Kier molecular flexibility index (Phi) is 7.68. The van der Waals surface area contributed by atoms with Crippen LogP contribution in [0.2, 0.25) is 0 Å². The molecule has 0 saturated carbocycles. The fourth-order valence-electron chi connectivity index (χ4n) is 5.15. The van der Waals surface area contributed by atoms with Gasteiger partial charge in [0, 0.05) is 26.2 Å². The Morgan fingerprint density at radius 2 is 1.81 bits per heavy atom. The third-order valence-electron chi connectivity index (χ3n) is 7.04. The highest BCUT2D eigenvalue weighted by atomic mass is 16.5. The molecule has 3 heterocycles. The quantitative estimate of drug-likeness (QED) is 0.386. The maximum Gasteiger partial charge on any atom is 0.290 e. The lowest BCUT2D eigenvalue weighted by Crippen LogP contribution is -2.38. The van der Waals surface area contributed by atoms with Gasteiger partial charge in [0.25, 0.3) is 5.91 Å². The minimum Gasteiger partial charge on any atom is -0.494 e. The van der Waals surface area contributed by atoms with Crippen molar-refractivity contribution < 1.29 is 18.7 Å². The van der Waals surface area contributed by atoms with Crippen molar-refractivity contribution in [3.8, 4) is 5.75 Å². The number of para-hydroxylation sites is 1. The van der Waals surface area contributed by atoms with E-state index in [1.54, 1.807) is 17.0 Å². The van der Waals surface area contributed by atoms with E-state index in [1.165, 1.54) is 0 Å². The first-order valence-corrected chi connectivity index (χ1v) is 13.1. The average molecular weight is 491 g/mol. The highest BCUT2D eigenvalue weighted by Crippen LogP contribution is 2.39. The zero-order valence-electron chi connectivity index (χ0n) is 20.9. The molecule has 1 amide bonds. The van der Waals surface area contributed by atoms with Crippen LogP contribution in [0, 0.1) is 0 Å². The smallest absolute Gasteiger partial charge is 0.290 e. The maximum absolute atomic E-state index is 13.7. The summed E-state index contributed by atoms with van der Waals surface area (Å²) in [5.41, 5.74) is 1.59. The molecule has 1 saturated heterocycles. The van der Waals surface area contributed by atoms with Crippen molar-refractivity contribution in [1.29, 1.82) is 0 Å². The molecule has 5 rings (SSSR count). The van der Waals surface area contributed by atoms with Gasteiger partial charge in [-0.3, -0.25) is 14.5 Å². The Morgan fingerprint density at radius 1 is 0.972 bits per heavy atom. The molecule has 190 valence electrons. The predicted molar refractivity (Wildman–Crippen MR) is 139 cm³/mol. The second kappa shape index (κ2) is 11.3. The molecule has 0 unspecified atom stereocenters. The van der Waals surface area contributed by atoms with Crippen LogP contribution in [0.1, 0.15) is 60.3 Å². The molecule has 2 aliphatic heterocycles. The van der Waals surface area contributed by atoms with E-state index >= 15 is 0 Å². The summed E-state index contributed by atoms with van der Waals surface area (Å²) in [5, 5.41) is 0.496. The van der Waals surface area contributed by atoms with Gasteiger partial charge in [-0.1, -0.05) is 44.0 Å². The molecule has 36 heavy (non-hydrogen) atoms. The van der Waals surface area contributed by atoms with Crippen LogP contribution in [0.3, 0.4) is 0 Å². The van der Waals surface area contributed by atoms with Crippen molar-refractivity contribution in [2.75, 3.05) is 46.0 Å². The van der Waals surface area contributed by atoms with Crippen molar-refractivity contribution in [3.63, 3.8) is 0 Å². The van der Waals surface area contributed by atoms with Crippen LogP contribution in [0.25, 0.3) is 11.0 Å². The Bertz CT molecular complexity index is 1260. The van der Waals surface area contributed by atoms with Crippen molar-refractivity contribution in [3.05, 3.63) is 75.6 Å². The lowest BCUT2D eigenvalue weighted by atomic mass is 9.98. The summed E-state index contributed by atoms with van der Waals surface area (Å²) in [7, 11) is 0. The van der Waals surface area contributed by atoms with Crippen LogP contribution in [0.15, 0.2) is 57.7 Å². The Labute approximate surface area is 211 Å². The predicted octanol–water partition coefficient (Wildman–Crippen LogP) is 4.63. The van der Waals surface area contributed by atoms with Gasteiger partial charge in [0.15, 0.2) is 5.43 Å². The van der Waals surface area contributed by atoms with Crippen molar-refractivity contribution >= 4 is 16.9 Å². The summed E-state index contributed by atoms with van der Waals surface area (Å²) < 4.78 is 17.5. The molecule has 7 nitrogen and oxygen atoms in total. The molecule has 1 aromatic heterocycles. The lowest BCUT2D eigenvalue weighted by molar-refractivity contribution is 0.0353. The number of rotatable bonds is 10. The molecule has 0 aliphatic carbocycles. The van der Waals surface area contributed by atoms with E-state index in [0.29, 0.717) is 29.7 Å². The molecular weight excluding hydrogens is 456 g/mol. The van der Waals surface area contributed by atoms with Gasteiger partial charge in [0.1, 0.15) is 11.3 Å². The number of morpholine rings is 1. The third-order valence-corrected chi connectivity index (χ3v) is 7.04. The number of amides is 1. The first kappa shape index (κ1) is 24.5. The van der Waals surface area contributed by atoms with Crippen molar-refractivity contribution in [2.45, 2.75) is 38.6 Å². The highest BCUT2D eigenvalue weighted by Gasteiger charge is 2.42. The number of hydrogen-bond acceptors (Lipinski definition) is 6. The molecule has 1 atom stereocenters. The molecule has 2 aromatic carbocycles. The van der Waals surface area contributed by atoms with Crippen LogP contribution < -0.4 is 10.2 Å². The van der Waals surface area contributed by atoms with Gasteiger partial charge < -0.3 is 18.8 Å². The Balaban J connectivity index is 1.47. The topological polar surface area (TPSA) is 72.2 Å². The van der Waals surface area contributed by atoms with E-state index in [0.717, 1.165) is 69.8 Å². The molecule has 3 aromatic rings. The molecule has 0 spiro atoms. The summed E-state index contributed by atoms with van der Waals surface area (Å²) in [4.78, 5) is 31.4. The number of benzene rings is 2. The van der Waals surface area contributed by atoms with Gasteiger partial charge >= 0.3 is 0 Å². The maximum atomic E-state index is 13.7. The monoisotopic (exact) mass is 490 g/mol. The van der Waals surface area contributed by atoms with Crippen LogP contribution in [0.5, 0.6) is 5.75 Å². The van der Waals surface area contributed by atoms with Gasteiger partial charge in [0.2, 0.25) is 5.76 Å². The van der Waals surface area contributed by atoms with Crippen LogP contribution in [-0.4, -0.2) is 61.7 Å². The second-order valence-corrected chi connectivity index (χ2v) is 9.51. The van der Waals surface area contributed by atoms with E-state index in [-0.39, 0.29) is 17.1 Å². The highest BCUT2D eigenvalue weighted by molar-refractivity contribution is 5.99. The molecular formula is C29H34N2O5. The van der Waals surface area contributed by atoms with Gasteiger partial charge in [-0.25, -0.2) is 0 Å².